The van der Waals surface area contributed by atoms with E-state index in [1.54, 1.807) is 14.0 Å². The van der Waals surface area contributed by atoms with Gasteiger partial charge in [0.2, 0.25) is 0 Å². The molecule has 1 unspecified atom stereocenters. The summed E-state index contributed by atoms with van der Waals surface area (Å²) in [6.07, 6.45) is -3.10. The van der Waals surface area contributed by atoms with Crippen molar-refractivity contribution in [1.29, 1.82) is 0 Å². The van der Waals surface area contributed by atoms with E-state index in [4.69, 9.17) is 4.74 Å². The molecule has 66 valence electrons. The minimum absolute atomic E-state index is 0.398. The third-order valence-corrected chi connectivity index (χ3v) is 1.95. The number of ether oxygens (including phenoxy) is 1. The van der Waals surface area contributed by atoms with Gasteiger partial charge in [-0.2, -0.15) is 0 Å². The molecule has 1 heterocycles. The third-order valence-electron chi connectivity index (χ3n) is 1.95. The minimum atomic E-state index is -1.24. The van der Waals surface area contributed by atoms with E-state index in [1.807, 2.05) is 0 Å². The van der Waals surface area contributed by atoms with Crippen LogP contribution in [0.2, 0.25) is 0 Å². The van der Waals surface area contributed by atoms with Crippen LogP contribution in [0.1, 0.15) is 6.92 Å². The molecule has 0 aliphatic carbocycles. The number of halogens is 1. The molecule has 3 nitrogen and oxygen atoms in total. The van der Waals surface area contributed by atoms with E-state index in [2.05, 4.69) is 5.32 Å². The molecular weight excluding hydrogens is 149 g/mol. The molecule has 0 amide bonds. The topological polar surface area (TPSA) is 41.5 Å². The van der Waals surface area contributed by atoms with E-state index >= 15 is 0 Å². The van der Waals surface area contributed by atoms with Gasteiger partial charge in [0.05, 0.1) is 12.2 Å². The average molecular weight is 163 g/mol. The van der Waals surface area contributed by atoms with Crippen LogP contribution in [0.25, 0.3) is 0 Å². The highest BCUT2D eigenvalue weighted by atomic mass is 19.1. The molecule has 0 aromatic rings. The first-order chi connectivity index (χ1) is 5.16. The summed E-state index contributed by atoms with van der Waals surface area (Å²) in [5, 5.41) is 12.0. The van der Waals surface area contributed by atoms with Crippen molar-refractivity contribution < 1.29 is 14.2 Å². The van der Waals surface area contributed by atoms with Gasteiger partial charge in [0.25, 0.3) is 0 Å². The molecule has 4 atom stereocenters. The lowest BCUT2D eigenvalue weighted by Gasteiger charge is -2.12. The number of rotatable bonds is 2. The highest BCUT2D eigenvalue weighted by Gasteiger charge is 2.40. The summed E-state index contributed by atoms with van der Waals surface area (Å²) in [6.45, 7) is 2.12. The number of hydrogen-bond donors (Lipinski definition) is 2. The summed E-state index contributed by atoms with van der Waals surface area (Å²) in [6, 6.07) is 0. The lowest BCUT2D eigenvalue weighted by molar-refractivity contribution is 0.0182. The van der Waals surface area contributed by atoms with E-state index in [-0.39, 0.29) is 0 Å². The Labute approximate surface area is 65.5 Å². The molecule has 0 bridgehead atoms. The second-order valence-electron chi connectivity index (χ2n) is 2.87. The zero-order chi connectivity index (χ0) is 8.43. The Hall–Kier alpha value is -0.190. The van der Waals surface area contributed by atoms with Gasteiger partial charge in [0.1, 0.15) is 6.10 Å². The zero-order valence-corrected chi connectivity index (χ0v) is 6.75. The Balaban J connectivity index is 2.45. The lowest BCUT2D eigenvalue weighted by atomic mass is 10.1. The van der Waals surface area contributed by atoms with E-state index in [1.165, 1.54) is 0 Å². The summed E-state index contributed by atoms with van der Waals surface area (Å²) in [5.74, 6) is 0. The van der Waals surface area contributed by atoms with Gasteiger partial charge in [0.15, 0.2) is 6.17 Å². The Morgan fingerprint density at radius 3 is 2.64 bits per heavy atom. The van der Waals surface area contributed by atoms with Crippen molar-refractivity contribution in [2.75, 3.05) is 13.6 Å². The highest BCUT2D eigenvalue weighted by Crippen LogP contribution is 2.22. The molecule has 1 saturated heterocycles. The van der Waals surface area contributed by atoms with Crippen LogP contribution in [-0.4, -0.2) is 43.2 Å². The van der Waals surface area contributed by atoms with Crippen LogP contribution >= 0.6 is 0 Å². The van der Waals surface area contributed by atoms with Gasteiger partial charge in [0, 0.05) is 6.54 Å². The monoisotopic (exact) mass is 163 g/mol. The van der Waals surface area contributed by atoms with Crippen molar-refractivity contribution in [3.63, 3.8) is 0 Å². The van der Waals surface area contributed by atoms with Crippen LogP contribution in [0, 0.1) is 0 Å². The largest absolute Gasteiger partial charge is 0.387 e. The van der Waals surface area contributed by atoms with E-state index in [0.717, 1.165) is 0 Å². The van der Waals surface area contributed by atoms with Crippen LogP contribution in [-0.2, 0) is 4.74 Å². The quantitative estimate of drug-likeness (QED) is 0.587. The van der Waals surface area contributed by atoms with Crippen LogP contribution < -0.4 is 5.32 Å². The molecule has 4 heteroatoms. The molecule has 0 radical (unpaired) electrons. The SMILES string of the molecule is CNC[C@H]1O[C@@H](C)C(F)[C@H]1O. The van der Waals surface area contributed by atoms with Crippen molar-refractivity contribution in [1.82, 2.24) is 5.32 Å². The molecule has 1 rings (SSSR count). The summed E-state index contributed by atoms with van der Waals surface area (Å²) < 4.78 is 18.0. The maximum absolute atomic E-state index is 12.9. The fraction of sp³-hybridized carbons (Fsp3) is 1.00. The first-order valence-electron chi connectivity index (χ1n) is 3.79. The second kappa shape index (κ2) is 3.47. The molecule has 0 aromatic heterocycles. The molecule has 0 saturated carbocycles. The number of nitrogens with one attached hydrogen (secondary N) is 1. The van der Waals surface area contributed by atoms with Gasteiger partial charge in [-0.25, -0.2) is 4.39 Å². The Bertz CT molecular complexity index is 134. The number of alkyl halides is 1. The van der Waals surface area contributed by atoms with Crippen LogP contribution in [0.3, 0.4) is 0 Å². The molecule has 1 aliphatic heterocycles. The number of hydrogen-bond acceptors (Lipinski definition) is 3. The van der Waals surface area contributed by atoms with Crippen molar-refractivity contribution in [2.24, 2.45) is 0 Å². The van der Waals surface area contributed by atoms with Gasteiger partial charge in [-0.15, -0.1) is 0 Å². The van der Waals surface area contributed by atoms with Crippen LogP contribution in [0.15, 0.2) is 0 Å². The average Bonchev–Trinajstić information content (AvgIpc) is 2.19. The first kappa shape index (κ1) is 8.90. The van der Waals surface area contributed by atoms with Crippen molar-refractivity contribution >= 4 is 0 Å². The second-order valence-corrected chi connectivity index (χ2v) is 2.87. The molecular formula is C7H14FNO2. The molecule has 2 N–H and O–H groups in total. The lowest BCUT2D eigenvalue weighted by Crippen LogP contribution is -2.35. The predicted octanol–water partition coefficient (Wildman–Crippen LogP) is -0.308. The Morgan fingerprint density at radius 2 is 2.27 bits per heavy atom. The minimum Gasteiger partial charge on any atom is -0.387 e. The molecule has 1 fully saturated rings. The Kier molecular flexibility index (Phi) is 2.81. The van der Waals surface area contributed by atoms with Crippen molar-refractivity contribution in [3.8, 4) is 0 Å². The van der Waals surface area contributed by atoms with E-state index < -0.39 is 24.5 Å². The first-order valence-corrected chi connectivity index (χ1v) is 3.79. The smallest absolute Gasteiger partial charge is 0.154 e. The summed E-state index contributed by atoms with van der Waals surface area (Å²) in [4.78, 5) is 0. The predicted molar refractivity (Wildman–Crippen MR) is 39.2 cm³/mol. The van der Waals surface area contributed by atoms with Crippen molar-refractivity contribution in [3.05, 3.63) is 0 Å². The highest BCUT2D eigenvalue weighted by molar-refractivity contribution is 4.89. The summed E-state index contributed by atoms with van der Waals surface area (Å²) in [5.41, 5.74) is 0. The third kappa shape index (κ3) is 1.69. The number of likely N-dealkylation sites (N-methyl/N-ethyl adjacent to an activating group) is 1. The fourth-order valence-electron chi connectivity index (χ4n) is 1.28. The van der Waals surface area contributed by atoms with Crippen LogP contribution in [0.5, 0.6) is 0 Å². The van der Waals surface area contributed by atoms with Gasteiger partial charge in [-0.05, 0) is 14.0 Å². The van der Waals surface area contributed by atoms with Gasteiger partial charge in [-0.3, -0.25) is 0 Å². The standard InChI is InChI=1S/C7H14FNO2/c1-4-6(8)7(10)5(11-4)3-9-2/h4-7,9-10H,3H2,1-2H3/t4-,5+,6?,7-/m0/s1. The maximum Gasteiger partial charge on any atom is 0.154 e. The number of aliphatic hydroxyl groups is 1. The molecule has 0 aromatic carbocycles. The van der Waals surface area contributed by atoms with Crippen LogP contribution in [0.4, 0.5) is 4.39 Å². The van der Waals surface area contributed by atoms with E-state index in [9.17, 15) is 9.50 Å². The normalized spacial score (nSPS) is 44.7. The Morgan fingerprint density at radius 1 is 1.64 bits per heavy atom. The summed E-state index contributed by atoms with van der Waals surface area (Å²) >= 11 is 0. The molecule has 11 heavy (non-hydrogen) atoms. The fourth-order valence-corrected chi connectivity index (χ4v) is 1.28. The zero-order valence-electron chi connectivity index (χ0n) is 6.75. The maximum atomic E-state index is 12.9. The summed E-state index contributed by atoms with van der Waals surface area (Å²) in [7, 11) is 1.74. The molecule has 0 spiro atoms. The molecule has 1 aliphatic rings. The van der Waals surface area contributed by atoms with Gasteiger partial charge < -0.3 is 15.2 Å². The van der Waals surface area contributed by atoms with Gasteiger partial charge >= 0.3 is 0 Å². The number of aliphatic hydroxyl groups excluding tert-OH is 1. The van der Waals surface area contributed by atoms with Gasteiger partial charge in [-0.1, -0.05) is 0 Å². The van der Waals surface area contributed by atoms with Crippen molar-refractivity contribution in [2.45, 2.75) is 31.4 Å². The van der Waals surface area contributed by atoms with E-state index in [0.29, 0.717) is 6.54 Å².